The molecular weight excluding hydrogens is 657 g/mol. The molecule has 1 aliphatic heterocycles. The van der Waals surface area contributed by atoms with Crippen LogP contribution in [0.15, 0.2) is 194 Å². The van der Waals surface area contributed by atoms with Gasteiger partial charge in [0.25, 0.3) is 0 Å². The molecule has 252 valence electrons. The number of benzene rings is 7. The van der Waals surface area contributed by atoms with Gasteiger partial charge in [0.15, 0.2) is 0 Å². The van der Waals surface area contributed by atoms with E-state index in [1.165, 1.54) is 49.5 Å². The van der Waals surface area contributed by atoms with E-state index in [0.29, 0.717) is 0 Å². The summed E-state index contributed by atoms with van der Waals surface area (Å²) in [7, 11) is 0. The fourth-order valence-corrected chi connectivity index (χ4v) is 8.43. The number of rotatable bonds is 5. The van der Waals surface area contributed by atoms with Crippen molar-refractivity contribution in [2.75, 3.05) is 4.90 Å². The van der Waals surface area contributed by atoms with Crippen molar-refractivity contribution in [1.82, 2.24) is 14.5 Å². The molecule has 0 saturated carbocycles. The summed E-state index contributed by atoms with van der Waals surface area (Å²) >= 11 is 0. The van der Waals surface area contributed by atoms with Gasteiger partial charge in [-0.3, -0.25) is 9.55 Å². The van der Waals surface area contributed by atoms with Gasteiger partial charge >= 0.3 is 0 Å². The van der Waals surface area contributed by atoms with Gasteiger partial charge in [-0.15, -0.1) is 0 Å². The van der Waals surface area contributed by atoms with Gasteiger partial charge in [0, 0.05) is 50.9 Å². The number of hydrogen-bond acceptors (Lipinski definition) is 3. The van der Waals surface area contributed by atoms with Crippen molar-refractivity contribution in [2.45, 2.75) is 0 Å². The summed E-state index contributed by atoms with van der Waals surface area (Å²) in [5.41, 5.74) is 14.8. The van der Waals surface area contributed by atoms with Gasteiger partial charge < -0.3 is 4.90 Å². The van der Waals surface area contributed by atoms with Crippen molar-refractivity contribution in [1.29, 1.82) is 0 Å². The van der Waals surface area contributed by atoms with E-state index in [9.17, 15) is 0 Å². The Kier molecular flexibility index (Phi) is 6.82. The largest absolute Gasteiger partial charge is 0.309 e. The molecule has 7 aromatic carbocycles. The summed E-state index contributed by atoms with van der Waals surface area (Å²) in [6, 6.07) is 65.0. The third-order valence-corrected chi connectivity index (χ3v) is 10.8. The van der Waals surface area contributed by atoms with Crippen LogP contribution in [0, 0.1) is 0 Å². The third kappa shape index (κ3) is 4.64. The fourth-order valence-electron chi connectivity index (χ4n) is 8.43. The monoisotopic (exact) mass is 688 g/mol. The molecule has 4 heterocycles. The average Bonchev–Trinajstić information content (AvgIpc) is 3.59. The Bertz CT molecular complexity index is 3010. The number of nitrogens with zero attached hydrogens (tertiary/aromatic N) is 4. The first-order valence-corrected chi connectivity index (χ1v) is 18.3. The summed E-state index contributed by atoms with van der Waals surface area (Å²) in [6.45, 7) is 0. The van der Waals surface area contributed by atoms with Gasteiger partial charge in [0.2, 0.25) is 0 Å². The molecule has 0 atom stereocenters. The molecule has 0 unspecified atom stereocenters. The minimum Gasteiger partial charge on any atom is -0.309 e. The highest BCUT2D eigenvalue weighted by Gasteiger charge is 2.31. The van der Waals surface area contributed by atoms with Crippen LogP contribution in [0.3, 0.4) is 0 Å². The molecule has 10 aromatic rings. The van der Waals surface area contributed by atoms with E-state index in [4.69, 9.17) is 9.97 Å². The number of hydrogen-bond donors (Lipinski definition) is 0. The zero-order valence-electron chi connectivity index (χ0n) is 29.3. The Labute approximate surface area is 312 Å². The van der Waals surface area contributed by atoms with Crippen LogP contribution in [0.4, 0.5) is 17.1 Å². The molecule has 4 heteroatoms. The zero-order valence-corrected chi connectivity index (χ0v) is 29.3. The molecule has 3 aromatic heterocycles. The van der Waals surface area contributed by atoms with E-state index in [1.54, 1.807) is 0 Å². The third-order valence-electron chi connectivity index (χ3n) is 10.8. The van der Waals surface area contributed by atoms with Gasteiger partial charge in [-0.05, 0) is 88.3 Å². The van der Waals surface area contributed by atoms with E-state index in [2.05, 4.69) is 179 Å². The standard InChI is InChI=1S/C50H32N4/c1-4-13-33(14-5-1)35-22-27-44-42(31-35)49-46(54(44)47-29-23-36(32-52-47)34-15-6-2-7-16-34)28-26-41-40-25-24-38(43-20-10-11-30-51-43)39-19-12-21-45(48(39)40)53(50(41)49)37-17-8-3-9-18-37/h1-32H. The van der Waals surface area contributed by atoms with E-state index < -0.39 is 0 Å². The van der Waals surface area contributed by atoms with Gasteiger partial charge in [0.05, 0.1) is 28.1 Å². The van der Waals surface area contributed by atoms with Crippen molar-refractivity contribution in [3.8, 4) is 50.5 Å². The first kappa shape index (κ1) is 30.3. The van der Waals surface area contributed by atoms with Crippen LogP contribution >= 0.6 is 0 Å². The number of para-hydroxylation sites is 1. The lowest BCUT2D eigenvalue weighted by atomic mass is 9.86. The van der Waals surface area contributed by atoms with E-state index in [1.807, 2.05) is 24.5 Å². The lowest BCUT2D eigenvalue weighted by Crippen LogP contribution is -2.15. The molecule has 11 rings (SSSR count). The van der Waals surface area contributed by atoms with Crippen LogP contribution < -0.4 is 4.90 Å². The molecule has 0 amide bonds. The highest BCUT2D eigenvalue weighted by Crippen LogP contribution is 2.56. The van der Waals surface area contributed by atoms with Crippen LogP contribution in [-0.2, 0) is 0 Å². The van der Waals surface area contributed by atoms with Gasteiger partial charge in [-0.2, -0.15) is 0 Å². The molecule has 54 heavy (non-hydrogen) atoms. The molecule has 0 saturated heterocycles. The lowest BCUT2D eigenvalue weighted by Gasteiger charge is -2.34. The number of aromatic nitrogens is 3. The maximum Gasteiger partial charge on any atom is 0.137 e. The topological polar surface area (TPSA) is 34.0 Å². The van der Waals surface area contributed by atoms with Gasteiger partial charge in [-0.1, -0.05) is 121 Å². The smallest absolute Gasteiger partial charge is 0.137 e. The molecule has 0 fully saturated rings. The lowest BCUT2D eigenvalue weighted by molar-refractivity contribution is 1.08. The molecule has 4 nitrogen and oxygen atoms in total. The van der Waals surface area contributed by atoms with E-state index in [-0.39, 0.29) is 0 Å². The van der Waals surface area contributed by atoms with Crippen molar-refractivity contribution in [2.24, 2.45) is 0 Å². The molecule has 0 aliphatic carbocycles. The number of pyridine rings is 2. The van der Waals surface area contributed by atoms with Crippen molar-refractivity contribution in [3.63, 3.8) is 0 Å². The first-order chi connectivity index (χ1) is 26.8. The average molecular weight is 689 g/mol. The predicted molar refractivity (Wildman–Crippen MR) is 224 cm³/mol. The summed E-state index contributed by atoms with van der Waals surface area (Å²) < 4.78 is 2.33. The SMILES string of the molecule is c1ccc(-c2ccc(-n3c4ccc(-c5ccccc5)cc4c4c5c(ccc43)-c3ccc(-c4ccccn4)c4cccc(c34)N5c3ccccc3)nc2)cc1. The number of anilines is 3. The maximum absolute atomic E-state index is 5.12. The second-order valence-electron chi connectivity index (χ2n) is 13.8. The minimum atomic E-state index is 0.881. The van der Waals surface area contributed by atoms with E-state index in [0.717, 1.165) is 50.6 Å². The quantitative estimate of drug-likeness (QED) is 0.180. The molecular formula is C50H32N4. The Morgan fingerprint density at radius 1 is 0.407 bits per heavy atom. The molecule has 1 aliphatic rings. The van der Waals surface area contributed by atoms with Gasteiger partial charge in [-0.25, -0.2) is 4.98 Å². The van der Waals surface area contributed by atoms with E-state index >= 15 is 0 Å². The normalized spacial score (nSPS) is 12.0. The fraction of sp³-hybridized carbons (Fsp3) is 0. The molecule has 0 bridgehead atoms. The highest BCUT2D eigenvalue weighted by atomic mass is 15.2. The van der Waals surface area contributed by atoms with Gasteiger partial charge in [0.1, 0.15) is 5.82 Å². The van der Waals surface area contributed by atoms with Crippen molar-refractivity contribution in [3.05, 3.63) is 194 Å². The number of fused-ring (bicyclic) bond motifs is 6. The Balaban J connectivity index is 1.24. The van der Waals surface area contributed by atoms with Crippen LogP contribution in [0.25, 0.3) is 83.0 Å². The zero-order chi connectivity index (χ0) is 35.6. The van der Waals surface area contributed by atoms with Crippen LogP contribution in [-0.4, -0.2) is 14.5 Å². The summed E-state index contributed by atoms with van der Waals surface area (Å²) in [5.74, 6) is 0.881. The molecule has 0 spiro atoms. The molecule has 0 N–H and O–H groups in total. The minimum absolute atomic E-state index is 0.881. The van der Waals surface area contributed by atoms with Crippen LogP contribution in [0.5, 0.6) is 0 Å². The predicted octanol–water partition coefficient (Wildman–Crippen LogP) is 13.2. The Morgan fingerprint density at radius 3 is 1.83 bits per heavy atom. The summed E-state index contributed by atoms with van der Waals surface area (Å²) in [6.07, 6.45) is 3.86. The Morgan fingerprint density at radius 2 is 1.09 bits per heavy atom. The van der Waals surface area contributed by atoms with Crippen LogP contribution in [0.1, 0.15) is 0 Å². The second kappa shape index (κ2) is 12.1. The maximum atomic E-state index is 5.12. The van der Waals surface area contributed by atoms with Crippen molar-refractivity contribution < 1.29 is 0 Å². The molecule has 0 radical (unpaired) electrons. The highest BCUT2D eigenvalue weighted by molar-refractivity contribution is 6.26. The summed E-state index contributed by atoms with van der Waals surface area (Å²) in [4.78, 5) is 12.4. The van der Waals surface area contributed by atoms with Crippen molar-refractivity contribution >= 4 is 49.6 Å². The second-order valence-corrected chi connectivity index (χ2v) is 13.8. The summed E-state index contributed by atoms with van der Waals surface area (Å²) in [5, 5.41) is 4.78. The Hall–Kier alpha value is -7.30. The first-order valence-electron chi connectivity index (χ1n) is 18.3. The van der Waals surface area contributed by atoms with Crippen LogP contribution in [0.2, 0.25) is 0 Å².